The summed E-state index contributed by atoms with van der Waals surface area (Å²) in [6, 6.07) is 20.3. The molecule has 7 heteroatoms. The number of amides is 1. The maximum absolute atomic E-state index is 12.8. The highest BCUT2D eigenvalue weighted by atomic mass is 35.5. The summed E-state index contributed by atoms with van der Waals surface area (Å²) < 4.78 is 8.00. The third-order valence-corrected chi connectivity index (χ3v) is 5.65. The molecule has 1 aromatic heterocycles. The Kier molecular flexibility index (Phi) is 6.78. The van der Waals surface area contributed by atoms with E-state index in [1.165, 1.54) is 0 Å². The lowest BCUT2D eigenvalue weighted by Gasteiger charge is -2.11. The Labute approximate surface area is 196 Å². The molecule has 0 aliphatic rings. The summed E-state index contributed by atoms with van der Waals surface area (Å²) in [5.74, 6) is 0.0760. The maximum Gasteiger partial charge on any atom is 0.275 e. The first kappa shape index (κ1) is 21.9. The fraction of sp³-hybridized carbons (Fsp3) is 0.120. The Hall–Kier alpha value is -3.28. The molecule has 4 aromatic rings. The topological polar surface area (TPSA) is 55.6 Å². The van der Waals surface area contributed by atoms with Crippen molar-refractivity contribution in [3.63, 3.8) is 0 Å². The second-order valence-corrected chi connectivity index (χ2v) is 7.95. The highest BCUT2D eigenvalue weighted by Crippen LogP contribution is 2.24. The second-order valence-electron chi connectivity index (χ2n) is 7.11. The number of benzene rings is 3. The number of fused-ring (bicyclic) bond motifs is 1. The molecule has 1 N–H and O–H groups in total. The van der Waals surface area contributed by atoms with Crippen molar-refractivity contribution in [3.05, 3.63) is 99.7 Å². The van der Waals surface area contributed by atoms with E-state index in [1.807, 2.05) is 24.4 Å². The van der Waals surface area contributed by atoms with Crippen LogP contribution in [0.3, 0.4) is 0 Å². The summed E-state index contributed by atoms with van der Waals surface area (Å²) in [6.07, 6.45) is 3.68. The molecule has 0 radical (unpaired) electrons. The average molecular weight is 466 g/mol. The first-order valence-corrected chi connectivity index (χ1v) is 10.9. The fourth-order valence-electron chi connectivity index (χ4n) is 3.43. The minimum absolute atomic E-state index is 0.208. The minimum Gasteiger partial charge on any atom is -0.488 e. The number of nitrogens with zero attached hydrogens (tertiary/aromatic N) is 2. The lowest BCUT2D eigenvalue weighted by Crippen LogP contribution is -2.18. The first-order chi connectivity index (χ1) is 15.6. The third-order valence-electron chi connectivity index (χ3n) is 5.06. The molecule has 32 heavy (non-hydrogen) atoms. The molecule has 0 atom stereocenters. The molecule has 1 heterocycles. The van der Waals surface area contributed by atoms with Crippen LogP contribution < -0.4 is 10.2 Å². The Morgan fingerprint density at radius 1 is 1.09 bits per heavy atom. The van der Waals surface area contributed by atoms with E-state index in [1.54, 1.807) is 48.7 Å². The predicted molar refractivity (Wildman–Crippen MR) is 130 cm³/mol. The normalized spacial score (nSPS) is 11.2. The fourth-order valence-corrected chi connectivity index (χ4v) is 3.90. The van der Waals surface area contributed by atoms with Crippen molar-refractivity contribution in [1.82, 2.24) is 9.99 Å². The van der Waals surface area contributed by atoms with Gasteiger partial charge >= 0.3 is 0 Å². The SMILES string of the molecule is CCn1cc(/C=N/NC(=O)c2ccccc2OCc2ccc(Cl)cc2Cl)c2ccccc21. The molecular formula is C25H21Cl2N3O2. The van der Waals surface area contributed by atoms with Gasteiger partial charge in [-0.15, -0.1) is 0 Å². The van der Waals surface area contributed by atoms with Gasteiger partial charge < -0.3 is 9.30 Å². The van der Waals surface area contributed by atoms with Crippen molar-refractivity contribution >= 4 is 46.2 Å². The van der Waals surface area contributed by atoms with Gasteiger partial charge in [-0.05, 0) is 37.3 Å². The van der Waals surface area contributed by atoms with Crippen molar-refractivity contribution in [3.8, 4) is 5.75 Å². The van der Waals surface area contributed by atoms with E-state index in [-0.39, 0.29) is 12.5 Å². The van der Waals surface area contributed by atoms with Crippen molar-refractivity contribution < 1.29 is 9.53 Å². The van der Waals surface area contributed by atoms with Gasteiger partial charge in [0.2, 0.25) is 0 Å². The molecule has 1 amide bonds. The van der Waals surface area contributed by atoms with Crippen LogP contribution in [0.2, 0.25) is 10.0 Å². The molecule has 0 unspecified atom stereocenters. The number of carbonyl (C=O) groups is 1. The summed E-state index contributed by atoms with van der Waals surface area (Å²) in [6.45, 7) is 3.15. The predicted octanol–water partition coefficient (Wildman–Crippen LogP) is 6.31. The zero-order valence-corrected chi connectivity index (χ0v) is 18.9. The minimum atomic E-state index is -0.363. The lowest BCUT2D eigenvalue weighted by molar-refractivity contribution is 0.0950. The highest BCUT2D eigenvalue weighted by molar-refractivity contribution is 6.35. The monoisotopic (exact) mass is 465 g/mol. The van der Waals surface area contributed by atoms with Crippen LogP contribution >= 0.6 is 23.2 Å². The van der Waals surface area contributed by atoms with Crippen LogP contribution in [0.4, 0.5) is 0 Å². The third kappa shape index (κ3) is 4.79. The molecule has 3 aromatic carbocycles. The van der Waals surface area contributed by atoms with Crippen molar-refractivity contribution in [2.24, 2.45) is 5.10 Å². The van der Waals surface area contributed by atoms with Gasteiger partial charge in [-0.1, -0.05) is 59.6 Å². The van der Waals surface area contributed by atoms with Gasteiger partial charge in [0, 0.05) is 44.8 Å². The average Bonchev–Trinajstić information content (AvgIpc) is 3.16. The van der Waals surface area contributed by atoms with E-state index < -0.39 is 0 Å². The highest BCUT2D eigenvalue weighted by Gasteiger charge is 2.13. The van der Waals surface area contributed by atoms with Crippen LogP contribution in [0.25, 0.3) is 10.9 Å². The molecule has 0 fully saturated rings. The van der Waals surface area contributed by atoms with Crippen molar-refractivity contribution in [2.45, 2.75) is 20.1 Å². The van der Waals surface area contributed by atoms with Crippen LogP contribution in [-0.4, -0.2) is 16.7 Å². The van der Waals surface area contributed by atoms with Crippen molar-refractivity contribution in [2.75, 3.05) is 0 Å². The van der Waals surface area contributed by atoms with E-state index >= 15 is 0 Å². The van der Waals surface area contributed by atoms with Gasteiger partial charge in [0.15, 0.2) is 0 Å². The number of aromatic nitrogens is 1. The Morgan fingerprint density at radius 3 is 2.69 bits per heavy atom. The summed E-state index contributed by atoms with van der Waals surface area (Å²) >= 11 is 12.2. The number of nitrogens with one attached hydrogen (secondary N) is 1. The summed E-state index contributed by atoms with van der Waals surface area (Å²) in [4.78, 5) is 12.8. The maximum atomic E-state index is 12.8. The van der Waals surface area contributed by atoms with Crippen LogP contribution in [-0.2, 0) is 13.2 Å². The zero-order valence-electron chi connectivity index (χ0n) is 17.4. The number of halogens is 2. The summed E-state index contributed by atoms with van der Waals surface area (Å²) in [5, 5.41) is 6.31. The summed E-state index contributed by atoms with van der Waals surface area (Å²) in [7, 11) is 0. The number of rotatable bonds is 7. The van der Waals surface area contributed by atoms with Crippen LogP contribution in [0, 0.1) is 0 Å². The quantitative estimate of drug-likeness (QED) is 0.256. The van der Waals surface area contributed by atoms with E-state index in [9.17, 15) is 4.79 Å². The zero-order chi connectivity index (χ0) is 22.5. The van der Waals surface area contributed by atoms with E-state index in [4.69, 9.17) is 27.9 Å². The van der Waals surface area contributed by atoms with Crippen LogP contribution in [0.1, 0.15) is 28.4 Å². The van der Waals surface area contributed by atoms with Gasteiger partial charge in [0.25, 0.3) is 5.91 Å². The van der Waals surface area contributed by atoms with Gasteiger partial charge in [-0.25, -0.2) is 5.43 Å². The van der Waals surface area contributed by atoms with Gasteiger partial charge in [-0.2, -0.15) is 5.10 Å². The van der Waals surface area contributed by atoms with Gasteiger partial charge in [0.1, 0.15) is 12.4 Å². The van der Waals surface area contributed by atoms with E-state index in [0.717, 1.165) is 28.6 Å². The smallest absolute Gasteiger partial charge is 0.275 e. The Bertz CT molecular complexity index is 1300. The Balaban J connectivity index is 1.47. The number of hydrogen-bond acceptors (Lipinski definition) is 3. The van der Waals surface area contributed by atoms with E-state index in [2.05, 4.69) is 28.1 Å². The molecule has 0 saturated heterocycles. The van der Waals surface area contributed by atoms with Gasteiger partial charge in [0.05, 0.1) is 11.8 Å². The van der Waals surface area contributed by atoms with Crippen LogP contribution in [0.5, 0.6) is 5.75 Å². The number of ether oxygens (including phenoxy) is 1. The molecule has 0 saturated carbocycles. The molecular weight excluding hydrogens is 445 g/mol. The molecule has 162 valence electrons. The molecule has 0 aliphatic heterocycles. The number of para-hydroxylation sites is 2. The number of aryl methyl sites for hydroxylation is 1. The van der Waals surface area contributed by atoms with Crippen LogP contribution in [0.15, 0.2) is 78.0 Å². The Morgan fingerprint density at radius 2 is 1.88 bits per heavy atom. The first-order valence-electron chi connectivity index (χ1n) is 10.1. The molecule has 5 nitrogen and oxygen atoms in total. The summed E-state index contributed by atoms with van der Waals surface area (Å²) in [5.41, 5.74) is 5.81. The van der Waals surface area contributed by atoms with E-state index in [0.29, 0.717) is 21.4 Å². The molecule has 4 rings (SSSR count). The van der Waals surface area contributed by atoms with Gasteiger partial charge in [-0.3, -0.25) is 4.79 Å². The second kappa shape index (κ2) is 9.90. The lowest BCUT2D eigenvalue weighted by atomic mass is 10.2. The number of hydrazone groups is 1. The molecule has 0 spiro atoms. The number of hydrogen-bond donors (Lipinski definition) is 1. The number of carbonyl (C=O) groups excluding carboxylic acids is 1. The molecule has 0 aliphatic carbocycles. The standard InChI is InChI=1S/C25H21Cl2N3O2/c1-2-30-15-18(20-7-3-5-9-23(20)30)14-28-29-25(31)21-8-4-6-10-24(21)32-16-17-11-12-19(26)13-22(17)27/h3-15H,2,16H2,1H3,(H,29,31)/b28-14+. The van der Waals surface area contributed by atoms with Crippen molar-refractivity contribution in [1.29, 1.82) is 0 Å². The largest absolute Gasteiger partial charge is 0.488 e. The molecule has 0 bridgehead atoms.